The molecule has 0 spiro atoms. The molecule has 1 atom stereocenters. The number of hydrogen-bond donors (Lipinski definition) is 0. The van der Waals surface area contributed by atoms with Gasteiger partial charge in [-0.2, -0.15) is 0 Å². The van der Waals surface area contributed by atoms with Crippen molar-refractivity contribution in [1.82, 2.24) is 4.90 Å². The Morgan fingerprint density at radius 2 is 1.88 bits per heavy atom. The zero-order valence-corrected chi connectivity index (χ0v) is 14.5. The highest BCUT2D eigenvalue weighted by Crippen LogP contribution is 2.47. The number of hydrogen-bond acceptors (Lipinski definition) is 5. The summed E-state index contributed by atoms with van der Waals surface area (Å²) in [5.74, 6) is 3.41. The second kappa shape index (κ2) is 5.56. The van der Waals surface area contributed by atoms with Crippen LogP contribution < -0.4 is 18.9 Å². The van der Waals surface area contributed by atoms with Crippen LogP contribution in [0.25, 0.3) is 0 Å². The topological polar surface area (TPSA) is 40.2 Å². The Morgan fingerprint density at radius 1 is 1.04 bits per heavy atom. The molecular formula is C20H21NO4. The van der Waals surface area contributed by atoms with Gasteiger partial charge in [0, 0.05) is 24.7 Å². The highest BCUT2D eigenvalue weighted by Gasteiger charge is 2.35. The maximum absolute atomic E-state index is 5.76. The molecule has 3 aliphatic heterocycles. The SMILES string of the molecule is COc1cc2c(cc1OC)C1Cc3c(ccc4c3OCO4)CN1CC2. The standard InChI is InChI=1S/C20H21NO4/c1-22-18-7-12-5-6-21-10-13-3-4-17-20(25-11-24-17)15(13)8-16(21)14(12)9-19(18)23-2/h3-4,7,9,16H,5-6,8,10-11H2,1-2H3. The van der Waals surface area contributed by atoms with Crippen LogP contribution >= 0.6 is 0 Å². The summed E-state index contributed by atoms with van der Waals surface area (Å²) in [6.45, 7) is 2.33. The lowest BCUT2D eigenvalue weighted by atomic mass is 9.83. The summed E-state index contributed by atoms with van der Waals surface area (Å²) in [6.07, 6.45) is 1.97. The Kier molecular flexibility index (Phi) is 3.31. The van der Waals surface area contributed by atoms with Gasteiger partial charge in [-0.3, -0.25) is 4.90 Å². The highest BCUT2D eigenvalue weighted by molar-refractivity contribution is 5.55. The van der Waals surface area contributed by atoms with E-state index in [9.17, 15) is 0 Å². The highest BCUT2D eigenvalue weighted by atomic mass is 16.7. The van der Waals surface area contributed by atoms with E-state index in [0.717, 1.165) is 48.9 Å². The molecule has 5 nitrogen and oxygen atoms in total. The average Bonchev–Trinajstić information content (AvgIpc) is 3.14. The van der Waals surface area contributed by atoms with Gasteiger partial charge >= 0.3 is 0 Å². The predicted molar refractivity (Wildman–Crippen MR) is 92.7 cm³/mol. The minimum absolute atomic E-state index is 0.321. The maximum atomic E-state index is 5.76. The van der Waals surface area contributed by atoms with Gasteiger partial charge in [-0.1, -0.05) is 6.07 Å². The largest absolute Gasteiger partial charge is 0.493 e. The molecule has 0 N–H and O–H groups in total. The van der Waals surface area contributed by atoms with E-state index in [2.05, 4.69) is 23.1 Å². The molecule has 0 aliphatic carbocycles. The Hall–Kier alpha value is -2.40. The van der Waals surface area contributed by atoms with E-state index in [-0.39, 0.29) is 0 Å². The molecule has 3 heterocycles. The summed E-state index contributed by atoms with van der Waals surface area (Å²) in [6, 6.07) is 8.84. The molecule has 2 aromatic carbocycles. The number of methoxy groups -OCH3 is 2. The van der Waals surface area contributed by atoms with Crippen LogP contribution in [0.1, 0.15) is 28.3 Å². The first-order valence-corrected chi connectivity index (χ1v) is 8.67. The van der Waals surface area contributed by atoms with Gasteiger partial charge in [0.2, 0.25) is 6.79 Å². The summed E-state index contributed by atoms with van der Waals surface area (Å²) in [4.78, 5) is 2.55. The monoisotopic (exact) mass is 339 g/mol. The van der Waals surface area contributed by atoms with Crippen LogP contribution in [0.2, 0.25) is 0 Å². The van der Waals surface area contributed by atoms with Crippen molar-refractivity contribution in [3.8, 4) is 23.0 Å². The number of nitrogens with zero attached hydrogens (tertiary/aromatic N) is 1. The van der Waals surface area contributed by atoms with Crippen molar-refractivity contribution in [2.45, 2.75) is 25.4 Å². The van der Waals surface area contributed by atoms with Crippen molar-refractivity contribution in [3.05, 3.63) is 46.5 Å². The smallest absolute Gasteiger partial charge is 0.231 e. The molecule has 3 aliphatic rings. The van der Waals surface area contributed by atoms with E-state index >= 15 is 0 Å². The fourth-order valence-electron chi connectivity index (χ4n) is 4.36. The van der Waals surface area contributed by atoms with Crippen LogP contribution in [-0.4, -0.2) is 32.5 Å². The molecule has 5 heteroatoms. The van der Waals surface area contributed by atoms with Crippen LogP contribution in [-0.2, 0) is 19.4 Å². The molecule has 0 saturated carbocycles. The fraction of sp³-hybridized carbons (Fsp3) is 0.400. The molecule has 130 valence electrons. The average molecular weight is 339 g/mol. The molecule has 0 radical (unpaired) electrons. The van der Waals surface area contributed by atoms with Gasteiger partial charge in [-0.05, 0) is 47.7 Å². The molecule has 25 heavy (non-hydrogen) atoms. The first-order chi connectivity index (χ1) is 12.3. The van der Waals surface area contributed by atoms with Gasteiger partial charge in [0.25, 0.3) is 0 Å². The van der Waals surface area contributed by atoms with Crippen LogP contribution in [0.5, 0.6) is 23.0 Å². The van der Waals surface area contributed by atoms with Crippen molar-refractivity contribution in [2.75, 3.05) is 27.6 Å². The minimum atomic E-state index is 0.321. The molecule has 0 amide bonds. The zero-order valence-electron chi connectivity index (χ0n) is 14.5. The van der Waals surface area contributed by atoms with Crippen molar-refractivity contribution in [2.24, 2.45) is 0 Å². The Morgan fingerprint density at radius 3 is 2.72 bits per heavy atom. The summed E-state index contributed by atoms with van der Waals surface area (Å²) in [5.41, 5.74) is 5.33. The Labute approximate surface area is 147 Å². The van der Waals surface area contributed by atoms with Gasteiger partial charge in [-0.25, -0.2) is 0 Å². The van der Waals surface area contributed by atoms with Crippen molar-refractivity contribution in [3.63, 3.8) is 0 Å². The van der Waals surface area contributed by atoms with Crippen molar-refractivity contribution >= 4 is 0 Å². The molecule has 5 rings (SSSR count). The zero-order chi connectivity index (χ0) is 17.0. The summed E-state index contributed by atoms with van der Waals surface area (Å²) < 4.78 is 22.3. The number of benzene rings is 2. The van der Waals surface area contributed by atoms with E-state index in [0.29, 0.717) is 12.8 Å². The molecule has 2 aromatic rings. The van der Waals surface area contributed by atoms with Gasteiger partial charge in [0.05, 0.1) is 14.2 Å². The maximum Gasteiger partial charge on any atom is 0.231 e. The van der Waals surface area contributed by atoms with Crippen molar-refractivity contribution < 1.29 is 18.9 Å². The first-order valence-electron chi connectivity index (χ1n) is 8.67. The third kappa shape index (κ3) is 2.19. The number of rotatable bonds is 2. The van der Waals surface area contributed by atoms with Gasteiger partial charge in [0.15, 0.2) is 23.0 Å². The molecule has 0 aromatic heterocycles. The number of ether oxygens (including phenoxy) is 4. The molecule has 0 fully saturated rings. The van der Waals surface area contributed by atoms with E-state index in [1.165, 1.54) is 22.3 Å². The van der Waals surface area contributed by atoms with Gasteiger partial charge in [0.1, 0.15) is 0 Å². The predicted octanol–water partition coefficient (Wildman–Crippen LogP) is 3.09. The normalized spacial score (nSPS) is 20.5. The van der Waals surface area contributed by atoms with Crippen LogP contribution in [0.15, 0.2) is 24.3 Å². The summed E-state index contributed by atoms with van der Waals surface area (Å²) in [7, 11) is 3.38. The summed E-state index contributed by atoms with van der Waals surface area (Å²) >= 11 is 0. The molecule has 0 saturated heterocycles. The minimum Gasteiger partial charge on any atom is -0.493 e. The van der Waals surface area contributed by atoms with E-state index in [4.69, 9.17) is 18.9 Å². The van der Waals surface area contributed by atoms with Crippen LogP contribution in [0, 0.1) is 0 Å². The van der Waals surface area contributed by atoms with E-state index in [1.807, 2.05) is 6.07 Å². The lowest BCUT2D eigenvalue weighted by molar-refractivity contribution is 0.154. The van der Waals surface area contributed by atoms with Crippen LogP contribution in [0.4, 0.5) is 0 Å². The second-order valence-corrected chi connectivity index (χ2v) is 6.78. The number of fused-ring (bicyclic) bond motifs is 6. The Bertz CT molecular complexity index is 848. The first kappa shape index (κ1) is 14.9. The lowest BCUT2D eigenvalue weighted by Crippen LogP contribution is -2.39. The third-order valence-corrected chi connectivity index (χ3v) is 5.62. The van der Waals surface area contributed by atoms with Gasteiger partial charge in [-0.15, -0.1) is 0 Å². The second-order valence-electron chi connectivity index (χ2n) is 6.78. The van der Waals surface area contributed by atoms with E-state index in [1.54, 1.807) is 14.2 Å². The van der Waals surface area contributed by atoms with E-state index < -0.39 is 0 Å². The lowest BCUT2D eigenvalue weighted by Gasteiger charge is -2.41. The summed E-state index contributed by atoms with van der Waals surface area (Å²) in [5, 5.41) is 0. The molecular weight excluding hydrogens is 318 g/mol. The third-order valence-electron chi connectivity index (χ3n) is 5.62. The molecule has 0 bridgehead atoms. The fourth-order valence-corrected chi connectivity index (χ4v) is 4.36. The quantitative estimate of drug-likeness (QED) is 0.841. The van der Waals surface area contributed by atoms with Gasteiger partial charge < -0.3 is 18.9 Å². The van der Waals surface area contributed by atoms with Crippen LogP contribution in [0.3, 0.4) is 0 Å². The van der Waals surface area contributed by atoms with Crippen molar-refractivity contribution in [1.29, 1.82) is 0 Å². The Balaban J connectivity index is 1.59. The molecule has 1 unspecified atom stereocenters.